The molecule has 2 aromatic carbocycles. The number of hydroxylamine groups is 3. The quantitative estimate of drug-likeness (QED) is 0.271. The molecule has 1 aliphatic heterocycles. The molecule has 3 rings (SSSR count). The molecule has 2 aromatic rings. The van der Waals surface area contributed by atoms with Crippen LogP contribution in [0.1, 0.15) is 29.6 Å². The van der Waals surface area contributed by atoms with E-state index in [2.05, 4.69) is 0 Å². The normalized spacial score (nSPS) is 16.0. The van der Waals surface area contributed by atoms with Crippen LogP contribution in [0.25, 0.3) is 0 Å². The molecule has 10 heteroatoms. The van der Waals surface area contributed by atoms with Crippen molar-refractivity contribution in [3.8, 4) is 0 Å². The van der Waals surface area contributed by atoms with Crippen LogP contribution in [0, 0.1) is 10.1 Å². The summed E-state index contributed by atoms with van der Waals surface area (Å²) >= 11 is 0. The van der Waals surface area contributed by atoms with E-state index in [-0.39, 0.29) is 28.4 Å². The molecular weight excluding hydrogens is 412 g/mol. The average molecular weight is 435 g/mol. The van der Waals surface area contributed by atoms with E-state index in [9.17, 15) is 23.3 Å². The summed E-state index contributed by atoms with van der Waals surface area (Å²) in [5, 5.41) is 11.0. The van der Waals surface area contributed by atoms with Gasteiger partial charge in [-0.3, -0.25) is 10.1 Å². The Bertz CT molecular complexity index is 1000. The highest BCUT2D eigenvalue weighted by molar-refractivity contribution is 7.86. The molecule has 0 spiro atoms. The number of rotatable bonds is 8. The number of carbonyl (C=O) groups excluding carboxylic acids is 1. The lowest BCUT2D eigenvalue weighted by Crippen LogP contribution is -2.54. The first kappa shape index (κ1) is 21.9. The molecule has 0 atom stereocenters. The first-order valence-corrected chi connectivity index (χ1v) is 11.0. The number of hydrogen-bond acceptors (Lipinski definition) is 7. The fourth-order valence-corrected chi connectivity index (χ4v) is 4.63. The van der Waals surface area contributed by atoms with Gasteiger partial charge in [0.1, 0.15) is 31.1 Å². The maximum atomic E-state index is 12.8. The summed E-state index contributed by atoms with van der Waals surface area (Å²) in [6.07, 6.45) is 2.47. The van der Waals surface area contributed by atoms with Gasteiger partial charge in [-0.25, -0.2) is 4.79 Å². The summed E-state index contributed by atoms with van der Waals surface area (Å²) in [7, 11) is -4.25. The molecular formula is C20H23N2O7S+. The topological polar surface area (TPSA) is 113 Å². The third-order valence-electron chi connectivity index (χ3n) is 4.95. The minimum absolute atomic E-state index is 0.0157. The van der Waals surface area contributed by atoms with Crippen LogP contribution in [0.2, 0.25) is 0 Å². The molecule has 1 heterocycles. The molecule has 0 radical (unpaired) electrons. The number of benzene rings is 2. The third-order valence-corrected chi connectivity index (χ3v) is 6.29. The van der Waals surface area contributed by atoms with Crippen molar-refractivity contribution in [1.29, 1.82) is 0 Å². The fourth-order valence-electron chi connectivity index (χ4n) is 3.39. The molecule has 0 unspecified atom stereocenters. The summed E-state index contributed by atoms with van der Waals surface area (Å²) in [6, 6.07) is 13.3. The number of non-ortho nitro benzene ring substituents is 1. The van der Waals surface area contributed by atoms with E-state index >= 15 is 0 Å². The first-order valence-electron chi connectivity index (χ1n) is 9.60. The minimum atomic E-state index is -4.25. The smallest absolute Gasteiger partial charge is 0.343 e. The number of likely N-dealkylation sites (tertiary alicyclic amines) is 1. The minimum Gasteiger partial charge on any atom is -0.456 e. The SMILES string of the molecule is O=C(OCC[N+]1(OS(=O)(=O)c2cccc([N+](=O)[O-])c2)CCCCC1)c1ccccc1. The van der Waals surface area contributed by atoms with Crippen LogP contribution in [-0.2, 0) is 19.1 Å². The molecule has 0 bridgehead atoms. The second-order valence-corrected chi connectivity index (χ2v) is 8.60. The largest absolute Gasteiger partial charge is 0.456 e. The Morgan fingerprint density at radius 1 is 1.03 bits per heavy atom. The van der Waals surface area contributed by atoms with Gasteiger partial charge in [0.15, 0.2) is 0 Å². The number of piperidine rings is 1. The first-order chi connectivity index (χ1) is 14.3. The van der Waals surface area contributed by atoms with Gasteiger partial charge in [0, 0.05) is 12.1 Å². The zero-order valence-corrected chi connectivity index (χ0v) is 17.1. The van der Waals surface area contributed by atoms with Gasteiger partial charge in [0.25, 0.3) is 5.69 Å². The Labute approximate surface area is 174 Å². The van der Waals surface area contributed by atoms with E-state index in [0.29, 0.717) is 18.7 Å². The molecule has 0 aromatic heterocycles. The number of quaternary nitrogens is 1. The lowest BCUT2D eigenvalue weighted by Gasteiger charge is -2.36. The van der Waals surface area contributed by atoms with Crippen molar-refractivity contribution in [1.82, 2.24) is 0 Å². The van der Waals surface area contributed by atoms with Crippen molar-refractivity contribution in [2.45, 2.75) is 24.2 Å². The molecule has 1 saturated heterocycles. The monoisotopic (exact) mass is 435 g/mol. The van der Waals surface area contributed by atoms with Crippen LogP contribution in [0.4, 0.5) is 5.69 Å². The Morgan fingerprint density at radius 3 is 2.40 bits per heavy atom. The molecule has 0 amide bonds. The summed E-state index contributed by atoms with van der Waals surface area (Å²) in [5.74, 6) is -0.493. The van der Waals surface area contributed by atoms with Crippen molar-refractivity contribution in [3.63, 3.8) is 0 Å². The van der Waals surface area contributed by atoms with Gasteiger partial charge in [-0.2, -0.15) is 13.1 Å². The van der Waals surface area contributed by atoms with Crippen LogP contribution in [0.15, 0.2) is 59.5 Å². The molecule has 1 fully saturated rings. The predicted molar refractivity (Wildman–Crippen MR) is 107 cm³/mol. The van der Waals surface area contributed by atoms with Gasteiger partial charge in [-0.05, 0) is 37.5 Å². The van der Waals surface area contributed by atoms with Crippen LogP contribution >= 0.6 is 0 Å². The van der Waals surface area contributed by atoms with E-state index in [1.54, 1.807) is 30.3 Å². The van der Waals surface area contributed by atoms with Crippen LogP contribution in [0.5, 0.6) is 0 Å². The lowest BCUT2D eigenvalue weighted by molar-refractivity contribution is -1.08. The summed E-state index contributed by atoms with van der Waals surface area (Å²) in [5.41, 5.74) is 0.0782. The van der Waals surface area contributed by atoms with E-state index in [4.69, 9.17) is 9.02 Å². The number of ether oxygens (including phenoxy) is 1. The van der Waals surface area contributed by atoms with E-state index in [1.165, 1.54) is 18.2 Å². The number of carbonyl (C=O) groups is 1. The molecule has 9 nitrogen and oxygen atoms in total. The molecule has 30 heavy (non-hydrogen) atoms. The number of esters is 1. The Morgan fingerprint density at radius 2 is 1.73 bits per heavy atom. The number of nitrogens with zero attached hydrogens (tertiary/aromatic N) is 2. The predicted octanol–water partition coefficient (Wildman–Crippen LogP) is 3.07. The van der Waals surface area contributed by atoms with Crippen molar-refractivity contribution in [2.75, 3.05) is 26.2 Å². The van der Waals surface area contributed by atoms with Gasteiger partial charge in [0.05, 0.1) is 10.5 Å². The zero-order chi connectivity index (χ0) is 21.6. The van der Waals surface area contributed by atoms with E-state index < -0.39 is 21.0 Å². The summed E-state index contributed by atoms with van der Waals surface area (Å²) < 4.78 is 36.3. The van der Waals surface area contributed by atoms with Crippen LogP contribution in [-0.4, -0.2) is 50.2 Å². The Hall–Kier alpha value is -2.82. The third kappa shape index (κ3) is 5.41. The molecule has 160 valence electrons. The van der Waals surface area contributed by atoms with E-state index in [0.717, 1.165) is 25.3 Å². The number of hydrogen-bond donors (Lipinski definition) is 0. The van der Waals surface area contributed by atoms with Gasteiger partial charge in [-0.15, -0.1) is 0 Å². The second-order valence-electron chi connectivity index (χ2n) is 7.07. The van der Waals surface area contributed by atoms with E-state index in [1.807, 2.05) is 0 Å². The maximum Gasteiger partial charge on any atom is 0.343 e. The average Bonchev–Trinajstić information content (AvgIpc) is 2.74. The molecule has 1 aliphatic rings. The van der Waals surface area contributed by atoms with Crippen LogP contribution < -0.4 is 0 Å². The van der Waals surface area contributed by atoms with Crippen molar-refractivity contribution < 1.29 is 31.8 Å². The maximum absolute atomic E-state index is 12.8. The lowest BCUT2D eigenvalue weighted by atomic mass is 10.1. The fraction of sp³-hybridized carbons (Fsp3) is 0.350. The van der Waals surface area contributed by atoms with Gasteiger partial charge >= 0.3 is 16.1 Å². The molecule has 0 aliphatic carbocycles. The molecule has 0 N–H and O–H groups in total. The van der Waals surface area contributed by atoms with Crippen LogP contribution in [0.3, 0.4) is 0 Å². The highest BCUT2D eigenvalue weighted by Gasteiger charge is 2.39. The Kier molecular flexibility index (Phi) is 6.80. The van der Waals surface area contributed by atoms with Gasteiger partial charge in [0.2, 0.25) is 0 Å². The van der Waals surface area contributed by atoms with Gasteiger partial charge in [-0.1, -0.05) is 28.5 Å². The highest BCUT2D eigenvalue weighted by atomic mass is 32.2. The second kappa shape index (κ2) is 9.33. The highest BCUT2D eigenvalue weighted by Crippen LogP contribution is 2.26. The summed E-state index contributed by atoms with van der Waals surface area (Å²) in [4.78, 5) is 22.2. The number of nitro groups is 1. The number of nitro benzene ring substituents is 1. The summed E-state index contributed by atoms with van der Waals surface area (Å²) in [6.45, 7) is 1.03. The van der Waals surface area contributed by atoms with Crippen molar-refractivity contribution in [2.24, 2.45) is 0 Å². The molecule has 0 saturated carbocycles. The standard InChI is InChI=1S/C20H23N2O7S/c23-20(17-8-3-1-4-9-17)28-15-14-22(12-5-2-6-13-22)29-30(26,27)19-11-7-10-18(16-19)21(24)25/h1,3-4,7-11,16H,2,5-6,12-15H2/q+1. The van der Waals surface area contributed by atoms with Gasteiger partial charge < -0.3 is 4.74 Å². The Balaban J connectivity index is 1.72. The van der Waals surface area contributed by atoms with Crippen molar-refractivity contribution >= 4 is 21.8 Å². The zero-order valence-electron chi connectivity index (χ0n) is 16.3. The van der Waals surface area contributed by atoms with Crippen molar-refractivity contribution in [3.05, 3.63) is 70.3 Å².